The summed E-state index contributed by atoms with van der Waals surface area (Å²) in [6.45, 7) is 0.134. The number of ether oxygens (including phenoxy) is 1. The van der Waals surface area contributed by atoms with Crippen LogP contribution in [0.15, 0.2) is 49.1 Å². The molecule has 0 fully saturated rings. The quantitative estimate of drug-likeness (QED) is 0.456. The molecule has 0 aliphatic rings. The molecular weight excluding hydrogens is 445 g/mol. The maximum absolute atomic E-state index is 13.9. The van der Waals surface area contributed by atoms with Gasteiger partial charge in [0.2, 0.25) is 5.13 Å². The number of nitrogens with one attached hydrogen (secondary N) is 1. The molecule has 0 saturated carbocycles. The van der Waals surface area contributed by atoms with E-state index in [0.29, 0.717) is 27.4 Å². The molecule has 0 aliphatic carbocycles. The monoisotopic (exact) mass is 459 g/mol. The summed E-state index contributed by atoms with van der Waals surface area (Å²) >= 11 is 1.10. The molecule has 0 unspecified atom stereocenters. The van der Waals surface area contributed by atoms with Gasteiger partial charge in [-0.05, 0) is 30.2 Å². The normalized spacial score (nSPS) is 10.1. The Kier molecular flexibility index (Phi) is 6.34. The number of aromatic nitrogens is 5. The molecule has 0 aliphatic heterocycles. The van der Waals surface area contributed by atoms with Gasteiger partial charge in [-0.3, -0.25) is 19.8 Å². The molecule has 33 heavy (non-hydrogen) atoms. The minimum Gasteiger partial charge on any atom is -0.496 e. The van der Waals surface area contributed by atoms with Crippen molar-refractivity contribution in [1.82, 2.24) is 25.0 Å². The summed E-state index contributed by atoms with van der Waals surface area (Å²) in [6, 6.07) is 7.56. The van der Waals surface area contributed by atoms with E-state index in [9.17, 15) is 9.18 Å². The summed E-state index contributed by atoms with van der Waals surface area (Å²) in [5.74, 6) is 5.20. The predicted molar refractivity (Wildman–Crippen MR) is 118 cm³/mol. The number of carbonyl (C=O) groups is 1. The van der Waals surface area contributed by atoms with Crippen LogP contribution in [0.25, 0.3) is 11.1 Å². The van der Waals surface area contributed by atoms with E-state index in [1.165, 1.54) is 48.5 Å². The van der Waals surface area contributed by atoms with Gasteiger partial charge in [-0.25, -0.2) is 4.39 Å². The van der Waals surface area contributed by atoms with Crippen molar-refractivity contribution < 1.29 is 13.9 Å². The summed E-state index contributed by atoms with van der Waals surface area (Å²) < 4.78 is 20.6. The first-order valence-electron chi connectivity index (χ1n) is 9.41. The minimum absolute atomic E-state index is 0.134. The lowest BCUT2D eigenvalue weighted by Crippen LogP contribution is -2.13. The van der Waals surface area contributed by atoms with Gasteiger partial charge < -0.3 is 4.74 Å². The van der Waals surface area contributed by atoms with Gasteiger partial charge in [0.1, 0.15) is 18.1 Å². The van der Waals surface area contributed by atoms with Crippen molar-refractivity contribution in [2.75, 3.05) is 12.4 Å². The third-order valence-corrected chi connectivity index (χ3v) is 5.10. The predicted octanol–water partition coefficient (Wildman–Crippen LogP) is 3.12. The lowest BCUT2D eigenvalue weighted by molar-refractivity contribution is 0.102. The summed E-state index contributed by atoms with van der Waals surface area (Å²) in [4.78, 5) is 17.0. The van der Waals surface area contributed by atoms with Crippen molar-refractivity contribution in [3.05, 3.63) is 71.0 Å². The highest BCUT2D eigenvalue weighted by molar-refractivity contribution is 7.15. The zero-order valence-corrected chi connectivity index (χ0v) is 17.9. The molecule has 9 nitrogen and oxygen atoms in total. The maximum Gasteiger partial charge on any atom is 0.258 e. The van der Waals surface area contributed by atoms with Crippen LogP contribution in [0, 0.1) is 29.0 Å². The van der Waals surface area contributed by atoms with Crippen LogP contribution in [0.1, 0.15) is 20.9 Å². The second-order valence-electron chi connectivity index (χ2n) is 6.47. The highest BCUT2D eigenvalue weighted by atomic mass is 32.1. The minimum atomic E-state index is -0.466. The number of carbonyl (C=O) groups excluding carboxylic acids is 1. The van der Waals surface area contributed by atoms with Crippen LogP contribution in [-0.4, -0.2) is 38.0 Å². The highest BCUT2D eigenvalue weighted by Gasteiger charge is 2.18. The molecular formula is C22H14FN7O2S. The Balaban J connectivity index is 1.54. The number of nitriles is 1. The first-order chi connectivity index (χ1) is 16.1. The summed E-state index contributed by atoms with van der Waals surface area (Å²) in [5, 5.41) is 23.9. The topological polar surface area (TPSA) is 119 Å². The Labute approximate surface area is 191 Å². The highest BCUT2D eigenvalue weighted by Crippen LogP contribution is 2.33. The Bertz CT molecular complexity index is 1430. The molecule has 0 radical (unpaired) electrons. The number of nitrogens with zero attached hydrogens (tertiary/aromatic N) is 6. The van der Waals surface area contributed by atoms with Crippen molar-refractivity contribution in [1.29, 1.82) is 5.26 Å². The SMILES string of the molecule is COc1ccc(F)cc1-c1cnccc1C(=O)Nc1nnc(C#Cc2cnn(CC#N)c2)s1. The second-order valence-corrected chi connectivity index (χ2v) is 7.44. The number of hydrogen-bond donors (Lipinski definition) is 1. The molecule has 0 saturated heterocycles. The average molecular weight is 459 g/mol. The lowest BCUT2D eigenvalue weighted by atomic mass is 10.0. The van der Waals surface area contributed by atoms with Gasteiger partial charge in [0.05, 0.1) is 30.5 Å². The van der Waals surface area contributed by atoms with Crippen molar-refractivity contribution >= 4 is 22.4 Å². The van der Waals surface area contributed by atoms with Crippen LogP contribution in [0.3, 0.4) is 0 Å². The third-order valence-electron chi connectivity index (χ3n) is 4.34. The Morgan fingerprint density at radius 3 is 2.94 bits per heavy atom. The Hall–Kier alpha value is -4.61. The van der Waals surface area contributed by atoms with Gasteiger partial charge in [0, 0.05) is 29.7 Å². The molecule has 4 rings (SSSR count). The van der Waals surface area contributed by atoms with E-state index in [1.807, 2.05) is 6.07 Å². The van der Waals surface area contributed by atoms with Crippen LogP contribution in [0.4, 0.5) is 9.52 Å². The number of rotatable bonds is 5. The van der Waals surface area contributed by atoms with Crippen LogP contribution < -0.4 is 10.1 Å². The molecule has 0 spiro atoms. The van der Waals surface area contributed by atoms with Crippen molar-refractivity contribution in [3.8, 4) is 34.8 Å². The molecule has 3 heterocycles. The van der Waals surface area contributed by atoms with Gasteiger partial charge in [0.15, 0.2) is 5.01 Å². The fourth-order valence-electron chi connectivity index (χ4n) is 2.90. The number of anilines is 1. The number of hydrogen-bond acceptors (Lipinski definition) is 8. The summed E-state index contributed by atoms with van der Waals surface area (Å²) in [6.07, 6.45) is 6.12. The first-order valence-corrected chi connectivity index (χ1v) is 10.2. The number of halogens is 1. The van der Waals surface area contributed by atoms with Crippen LogP contribution >= 0.6 is 11.3 Å². The molecule has 162 valence electrons. The van der Waals surface area contributed by atoms with Gasteiger partial charge in [-0.15, -0.1) is 10.2 Å². The zero-order chi connectivity index (χ0) is 23.2. The molecule has 11 heteroatoms. The van der Waals surface area contributed by atoms with Crippen molar-refractivity contribution in [2.24, 2.45) is 0 Å². The van der Waals surface area contributed by atoms with E-state index in [2.05, 4.69) is 37.4 Å². The lowest BCUT2D eigenvalue weighted by Gasteiger charge is -2.12. The maximum atomic E-state index is 13.9. The molecule has 0 atom stereocenters. The third kappa shape index (κ3) is 5.01. The van der Waals surface area contributed by atoms with Crippen LogP contribution in [-0.2, 0) is 6.54 Å². The van der Waals surface area contributed by atoms with Gasteiger partial charge in [-0.1, -0.05) is 17.3 Å². The number of methoxy groups -OCH3 is 1. The smallest absolute Gasteiger partial charge is 0.258 e. The molecule has 1 aromatic carbocycles. The molecule has 4 aromatic rings. The van der Waals surface area contributed by atoms with E-state index in [4.69, 9.17) is 10.00 Å². The first kappa shape index (κ1) is 21.6. The number of pyridine rings is 1. The fourth-order valence-corrected chi connectivity index (χ4v) is 3.49. The van der Waals surface area contributed by atoms with E-state index in [1.54, 1.807) is 12.4 Å². The van der Waals surface area contributed by atoms with Gasteiger partial charge in [-0.2, -0.15) is 10.4 Å². The van der Waals surface area contributed by atoms with E-state index in [-0.39, 0.29) is 17.2 Å². The zero-order valence-electron chi connectivity index (χ0n) is 17.1. The second kappa shape index (κ2) is 9.68. The molecule has 1 amide bonds. The average Bonchev–Trinajstić information content (AvgIpc) is 3.47. The molecule has 3 aromatic heterocycles. The molecule has 0 bridgehead atoms. The van der Waals surface area contributed by atoms with Crippen LogP contribution in [0.2, 0.25) is 0 Å². The standard InChI is InChI=1S/C22H14FN7O2S/c1-32-19-4-3-15(23)10-17(19)18-12-25-8-6-16(18)21(31)27-22-29-28-20(33-22)5-2-14-11-26-30(13-14)9-7-24/h3-4,6,8,10-13H,9H2,1H3,(H,27,29,31). The number of benzene rings is 1. The van der Waals surface area contributed by atoms with Crippen LogP contribution in [0.5, 0.6) is 5.75 Å². The largest absolute Gasteiger partial charge is 0.496 e. The number of amides is 1. The van der Waals surface area contributed by atoms with Gasteiger partial charge in [0.25, 0.3) is 5.91 Å². The Morgan fingerprint density at radius 1 is 1.24 bits per heavy atom. The Morgan fingerprint density at radius 2 is 2.12 bits per heavy atom. The van der Waals surface area contributed by atoms with Gasteiger partial charge >= 0.3 is 0 Å². The summed E-state index contributed by atoms with van der Waals surface area (Å²) in [5.41, 5.74) is 1.69. The fraction of sp³-hybridized carbons (Fsp3) is 0.0909. The van der Waals surface area contributed by atoms with Crippen molar-refractivity contribution in [3.63, 3.8) is 0 Å². The van der Waals surface area contributed by atoms with E-state index >= 15 is 0 Å². The molecule has 1 N–H and O–H groups in total. The van der Waals surface area contributed by atoms with E-state index in [0.717, 1.165) is 11.3 Å². The van der Waals surface area contributed by atoms with E-state index < -0.39 is 11.7 Å². The summed E-state index contributed by atoms with van der Waals surface area (Å²) in [7, 11) is 1.46. The van der Waals surface area contributed by atoms with Crippen molar-refractivity contribution in [2.45, 2.75) is 6.54 Å².